The van der Waals surface area contributed by atoms with E-state index < -0.39 is 5.97 Å². The largest absolute Gasteiger partial charge is 0.478 e. The predicted molar refractivity (Wildman–Crippen MR) is 78.0 cm³/mol. The summed E-state index contributed by atoms with van der Waals surface area (Å²) in [5.41, 5.74) is 4.21. The fourth-order valence-electron chi connectivity index (χ4n) is 2.31. The second kappa shape index (κ2) is 4.85. The molecule has 3 nitrogen and oxygen atoms in total. The third kappa shape index (κ3) is 2.07. The molecule has 0 aliphatic heterocycles. The standard InChI is InChI=1S/C17H14O3/c1-2-11-3-5-12(6-4-11)13-7-8-14-15(17(18)19)10-20-16(14)9-13/h3-10H,2H2,1H3,(H,18,19). The summed E-state index contributed by atoms with van der Waals surface area (Å²) in [5, 5.41) is 9.69. The van der Waals surface area contributed by atoms with Gasteiger partial charge in [0.2, 0.25) is 0 Å². The van der Waals surface area contributed by atoms with Crippen molar-refractivity contribution in [1.29, 1.82) is 0 Å². The Kier molecular flexibility index (Phi) is 3.03. The third-order valence-corrected chi connectivity index (χ3v) is 3.50. The lowest BCUT2D eigenvalue weighted by Gasteiger charge is -2.03. The van der Waals surface area contributed by atoms with Crippen LogP contribution in [0, 0.1) is 0 Å². The summed E-state index contributed by atoms with van der Waals surface area (Å²) in [5.74, 6) is -0.969. The Morgan fingerprint density at radius 2 is 1.80 bits per heavy atom. The lowest BCUT2D eigenvalue weighted by Crippen LogP contribution is -1.93. The van der Waals surface area contributed by atoms with Crippen LogP contribution in [0.3, 0.4) is 0 Å². The molecule has 0 aliphatic rings. The molecule has 1 heterocycles. The maximum absolute atomic E-state index is 11.0. The predicted octanol–water partition coefficient (Wildman–Crippen LogP) is 4.36. The number of carboxylic acids is 1. The van der Waals surface area contributed by atoms with Gasteiger partial charge in [0.15, 0.2) is 0 Å². The quantitative estimate of drug-likeness (QED) is 0.766. The number of fused-ring (bicyclic) bond motifs is 1. The average Bonchev–Trinajstić information content (AvgIpc) is 2.90. The van der Waals surface area contributed by atoms with Crippen molar-refractivity contribution in [3.05, 3.63) is 59.9 Å². The molecule has 0 unspecified atom stereocenters. The first-order chi connectivity index (χ1) is 9.69. The molecular weight excluding hydrogens is 252 g/mol. The molecule has 20 heavy (non-hydrogen) atoms. The van der Waals surface area contributed by atoms with Crippen molar-refractivity contribution in [1.82, 2.24) is 0 Å². The number of benzene rings is 2. The van der Waals surface area contributed by atoms with E-state index in [2.05, 4.69) is 31.2 Å². The number of furan rings is 1. The minimum absolute atomic E-state index is 0.202. The first-order valence-electron chi connectivity index (χ1n) is 6.53. The fourth-order valence-corrected chi connectivity index (χ4v) is 2.31. The maximum atomic E-state index is 11.0. The molecule has 0 fully saturated rings. The summed E-state index contributed by atoms with van der Waals surface area (Å²) in [7, 11) is 0. The van der Waals surface area contributed by atoms with Crippen LogP contribution in [0.5, 0.6) is 0 Å². The summed E-state index contributed by atoms with van der Waals surface area (Å²) >= 11 is 0. The SMILES string of the molecule is CCc1ccc(-c2ccc3c(C(=O)O)coc3c2)cc1. The first kappa shape index (κ1) is 12.5. The van der Waals surface area contributed by atoms with E-state index in [1.165, 1.54) is 11.8 Å². The monoisotopic (exact) mass is 266 g/mol. The number of aryl methyl sites for hydroxylation is 1. The van der Waals surface area contributed by atoms with E-state index in [1.54, 1.807) is 6.07 Å². The molecule has 0 spiro atoms. The Labute approximate surface area is 116 Å². The van der Waals surface area contributed by atoms with Crippen LogP contribution in [-0.4, -0.2) is 11.1 Å². The summed E-state index contributed by atoms with van der Waals surface area (Å²) in [6, 6.07) is 13.9. The Hall–Kier alpha value is -2.55. The minimum Gasteiger partial charge on any atom is -0.478 e. The van der Waals surface area contributed by atoms with Gasteiger partial charge in [0.05, 0.1) is 0 Å². The molecule has 1 N–H and O–H groups in total. The Bertz CT molecular complexity index is 767. The second-order valence-electron chi connectivity index (χ2n) is 4.72. The summed E-state index contributed by atoms with van der Waals surface area (Å²) in [6.07, 6.45) is 2.30. The molecule has 0 saturated heterocycles. The minimum atomic E-state index is -0.969. The second-order valence-corrected chi connectivity index (χ2v) is 4.72. The van der Waals surface area contributed by atoms with Gasteiger partial charge in [-0.15, -0.1) is 0 Å². The number of hydrogen-bond donors (Lipinski definition) is 1. The molecule has 3 aromatic rings. The van der Waals surface area contributed by atoms with E-state index in [1.807, 2.05) is 12.1 Å². The number of aromatic carboxylic acids is 1. The van der Waals surface area contributed by atoms with Gasteiger partial charge in [-0.25, -0.2) is 4.79 Å². The lowest BCUT2D eigenvalue weighted by molar-refractivity contribution is 0.0698. The molecule has 0 atom stereocenters. The number of carboxylic acid groups (broad SMARTS) is 1. The van der Waals surface area contributed by atoms with Crippen molar-refractivity contribution in [2.24, 2.45) is 0 Å². The summed E-state index contributed by atoms with van der Waals surface area (Å²) in [4.78, 5) is 11.0. The van der Waals surface area contributed by atoms with Crippen molar-refractivity contribution in [3.8, 4) is 11.1 Å². The molecule has 0 bridgehead atoms. The highest BCUT2D eigenvalue weighted by Gasteiger charge is 2.12. The smallest absolute Gasteiger partial charge is 0.339 e. The molecule has 3 heteroatoms. The Morgan fingerprint density at radius 3 is 2.45 bits per heavy atom. The van der Waals surface area contributed by atoms with Crippen molar-refractivity contribution < 1.29 is 14.3 Å². The molecule has 0 radical (unpaired) electrons. The maximum Gasteiger partial charge on any atom is 0.339 e. The highest BCUT2D eigenvalue weighted by atomic mass is 16.4. The molecular formula is C17H14O3. The number of hydrogen-bond acceptors (Lipinski definition) is 2. The zero-order valence-electron chi connectivity index (χ0n) is 11.1. The average molecular weight is 266 g/mol. The summed E-state index contributed by atoms with van der Waals surface area (Å²) in [6.45, 7) is 2.12. The van der Waals surface area contributed by atoms with Gasteiger partial charge in [0.1, 0.15) is 17.4 Å². The van der Waals surface area contributed by atoms with Gasteiger partial charge in [0, 0.05) is 5.39 Å². The normalized spacial score (nSPS) is 10.8. The van der Waals surface area contributed by atoms with E-state index in [0.717, 1.165) is 17.5 Å². The van der Waals surface area contributed by atoms with Gasteiger partial charge in [-0.2, -0.15) is 0 Å². The number of carbonyl (C=O) groups is 1. The molecule has 2 aromatic carbocycles. The van der Waals surface area contributed by atoms with Crippen LogP contribution < -0.4 is 0 Å². The highest BCUT2D eigenvalue weighted by Crippen LogP contribution is 2.28. The molecule has 100 valence electrons. The van der Waals surface area contributed by atoms with E-state index in [-0.39, 0.29) is 5.56 Å². The van der Waals surface area contributed by atoms with Gasteiger partial charge in [-0.3, -0.25) is 0 Å². The molecule has 0 aliphatic carbocycles. The van der Waals surface area contributed by atoms with Gasteiger partial charge in [-0.1, -0.05) is 37.3 Å². The fraction of sp³-hybridized carbons (Fsp3) is 0.118. The Balaban J connectivity index is 2.06. The molecule has 1 aromatic heterocycles. The van der Waals surface area contributed by atoms with Crippen LogP contribution in [0.1, 0.15) is 22.8 Å². The van der Waals surface area contributed by atoms with Gasteiger partial charge < -0.3 is 9.52 Å². The van der Waals surface area contributed by atoms with Crippen LogP contribution >= 0.6 is 0 Å². The van der Waals surface area contributed by atoms with Crippen molar-refractivity contribution >= 4 is 16.9 Å². The molecule has 0 amide bonds. The van der Waals surface area contributed by atoms with E-state index in [4.69, 9.17) is 9.52 Å². The van der Waals surface area contributed by atoms with E-state index >= 15 is 0 Å². The van der Waals surface area contributed by atoms with Crippen molar-refractivity contribution in [3.63, 3.8) is 0 Å². The number of rotatable bonds is 3. The van der Waals surface area contributed by atoms with Gasteiger partial charge >= 0.3 is 5.97 Å². The summed E-state index contributed by atoms with van der Waals surface area (Å²) < 4.78 is 5.34. The van der Waals surface area contributed by atoms with Gasteiger partial charge in [-0.05, 0) is 35.2 Å². The highest BCUT2D eigenvalue weighted by molar-refractivity contribution is 6.03. The Morgan fingerprint density at radius 1 is 1.10 bits per heavy atom. The first-order valence-corrected chi connectivity index (χ1v) is 6.53. The van der Waals surface area contributed by atoms with Crippen LogP contribution in [0.2, 0.25) is 0 Å². The van der Waals surface area contributed by atoms with Crippen LogP contribution in [-0.2, 0) is 6.42 Å². The third-order valence-electron chi connectivity index (χ3n) is 3.50. The molecule has 0 saturated carbocycles. The van der Waals surface area contributed by atoms with Crippen LogP contribution in [0.15, 0.2) is 53.1 Å². The van der Waals surface area contributed by atoms with Crippen LogP contribution in [0.25, 0.3) is 22.1 Å². The lowest BCUT2D eigenvalue weighted by atomic mass is 10.0. The van der Waals surface area contributed by atoms with Crippen molar-refractivity contribution in [2.45, 2.75) is 13.3 Å². The van der Waals surface area contributed by atoms with Gasteiger partial charge in [0.25, 0.3) is 0 Å². The van der Waals surface area contributed by atoms with Crippen molar-refractivity contribution in [2.75, 3.05) is 0 Å². The topological polar surface area (TPSA) is 50.4 Å². The van der Waals surface area contributed by atoms with E-state index in [0.29, 0.717) is 11.0 Å². The van der Waals surface area contributed by atoms with E-state index in [9.17, 15) is 4.79 Å². The molecule has 3 rings (SSSR count). The van der Waals surface area contributed by atoms with Crippen LogP contribution in [0.4, 0.5) is 0 Å². The zero-order valence-corrected chi connectivity index (χ0v) is 11.1. The zero-order chi connectivity index (χ0) is 14.1.